The Morgan fingerprint density at radius 2 is 2.25 bits per heavy atom. The minimum atomic E-state index is 0.0375. The maximum absolute atomic E-state index is 11.5. The Morgan fingerprint density at radius 1 is 1.50 bits per heavy atom. The Bertz CT molecular complexity index is 335. The maximum Gasteiger partial charge on any atom is 0.225 e. The number of halogens is 1. The molecular weight excluding hydrogens is 268 g/mol. The standard InChI is InChI=1S/C12H17BrN2O/c1-9(2)4-3-5-12(16)15-11-7-6-10(13)8-14-11/h6-9H,3-5H2,1-2H3,(H,14,15,16). The number of nitrogens with one attached hydrogen (secondary N) is 1. The van der Waals surface area contributed by atoms with E-state index in [9.17, 15) is 4.79 Å². The smallest absolute Gasteiger partial charge is 0.225 e. The van der Waals surface area contributed by atoms with Crippen molar-refractivity contribution >= 4 is 27.7 Å². The lowest BCUT2D eigenvalue weighted by Gasteiger charge is -2.05. The van der Waals surface area contributed by atoms with Gasteiger partial charge in [0.1, 0.15) is 5.82 Å². The lowest BCUT2D eigenvalue weighted by molar-refractivity contribution is -0.116. The molecule has 0 aliphatic carbocycles. The summed E-state index contributed by atoms with van der Waals surface area (Å²) < 4.78 is 0.908. The van der Waals surface area contributed by atoms with Crippen LogP contribution in [0.1, 0.15) is 33.1 Å². The first kappa shape index (κ1) is 13.2. The topological polar surface area (TPSA) is 42.0 Å². The second kappa shape index (κ2) is 6.63. The van der Waals surface area contributed by atoms with E-state index in [0.717, 1.165) is 17.3 Å². The zero-order valence-electron chi connectivity index (χ0n) is 9.66. The number of carbonyl (C=O) groups excluding carboxylic acids is 1. The van der Waals surface area contributed by atoms with Crippen molar-refractivity contribution in [3.63, 3.8) is 0 Å². The van der Waals surface area contributed by atoms with Crippen LogP contribution in [-0.2, 0) is 4.79 Å². The minimum Gasteiger partial charge on any atom is -0.311 e. The van der Waals surface area contributed by atoms with Gasteiger partial charge in [-0.05, 0) is 40.4 Å². The summed E-state index contributed by atoms with van der Waals surface area (Å²) in [6.45, 7) is 4.32. The van der Waals surface area contributed by atoms with Gasteiger partial charge in [-0.1, -0.05) is 20.3 Å². The van der Waals surface area contributed by atoms with Crippen molar-refractivity contribution in [2.75, 3.05) is 5.32 Å². The molecule has 0 spiro atoms. The molecule has 3 nitrogen and oxygen atoms in total. The van der Waals surface area contributed by atoms with Gasteiger partial charge >= 0.3 is 0 Å². The number of anilines is 1. The van der Waals surface area contributed by atoms with E-state index < -0.39 is 0 Å². The molecular formula is C12H17BrN2O. The molecule has 1 amide bonds. The predicted octanol–water partition coefficient (Wildman–Crippen LogP) is 3.61. The van der Waals surface area contributed by atoms with Crippen LogP contribution in [0.3, 0.4) is 0 Å². The molecule has 0 aromatic carbocycles. The highest BCUT2D eigenvalue weighted by Gasteiger charge is 2.03. The second-order valence-corrected chi connectivity index (χ2v) is 5.11. The van der Waals surface area contributed by atoms with Crippen molar-refractivity contribution in [3.05, 3.63) is 22.8 Å². The van der Waals surface area contributed by atoms with Crippen LogP contribution in [-0.4, -0.2) is 10.9 Å². The quantitative estimate of drug-likeness (QED) is 0.898. The fraction of sp³-hybridized carbons (Fsp3) is 0.500. The molecule has 0 bridgehead atoms. The van der Waals surface area contributed by atoms with Crippen LogP contribution in [0.4, 0.5) is 5.82 Å². The Kier molecular flexibility index (Phi) is 5.46. The van der Waals surface area contributed by atoms with Crippen molar-refractivity contribution in [2.24, 2.45) is 5.92 Å². The maximum atomic E-state index is 11.5. The summed E-state index contributed by atoms with van der Waals surface area (Å²) in [4.78, 5) is 15.6. The Balaban J connectivity index is 2.31. The molecule has 0 atom stereocenters. The van der Waals surface area contributed by atoms with Crippen molar-refractivity contribution < 1.29 is 4.79 Å². The number of hydrogen-bond donors (Lipinski definition) is 1. The average Bonchev–Trinajstić information content (AvgIpc) is 2.21. The van der Waals surface area contributed by atoms with Gasteiger partial charge in [-0.2, -0.15) is 0 Å². The Labute approximate surface area is 105 Å². The first-order valence-corrected chi connectivity index (χ1v) is 6.28. The van der Waals surface area contributed by atoms with Gasteiger partial charge in [-0.25, -0.2) is 4.98 Å². The average molecular weight is 285 g/mol. The van der Waals surface area contributed by atoms with Crippen molar-refractivity contribution in [1.82, 2.24) is 4.98 Å². The van der Waals surface area contributed by atoms with Gasteiger partial charge < -0.3 is 5.32 Å². The molecule has 1 heterocycles. The largest absolute Gasteiger partial charge is 0.311 e. The molecule has 0 saturated carbocycles. The van der Waals surface area contributed by atoms with Crippen LogP contribution < -0.4 is 5.32 Å². The lowest BCUT2D eigenvalue weighted by atomic mass is 10.1. The second-order valence-electron chi connectivity index (χ2n) is 4.20. The third kappa shape index (κ3) is 5.26. The third-order valence-corrected chi connectivity index (χ3v) is 2.65. The fourth-order valence-electron chi connectivity index (χ4n) is 1.33. The van der Waals surface area contributed by atoms with E-state index in [1.165, 1.54) is 0 Å². The zero-order valence-corrected chi connectivity index (χ0v) is 11.3. The predicted molar refractivity (Wildman–Crippen MR) is 69.3 cm³/mol. The first-order valence-electron chi connectivity index (χ1n) is 5.49. The van der Waals surface area contributed by atoms with Crippen LogP contribution in [0.2, 0.25) is 0 Å². The zero-order chi connectivity index (χ0) is 12.0. The molecule has 0 aliphatic heterocycles. The van der Waals surface area contributed by atoms with Crippen LogP contribution in [0, 0.1) is 5.92 Å². The van der Waals surface area contributed by atoms with E-state index in [-0.39, 0.29) is 5.91 Å². The van der Waals surface area contributed by atoms with E-state index in [0.29, 0.717) is 18.2 Å². The van der Waals surface area contributed by atoms with Gasteiger partial charge in [0.2, 0.25) is 5.91 Å². The van der Waals surface area contributed by atoms with Gasteiger partial charge in [-0.15, -0.1) is 0 Å². The van der Waals surface area contributed by atoms with E-state index in [1.54, 1.807) is 12.3 Å². The SMILES string of the molecule is CC(C)CCCC(=O)Nc1ccc(Br)cn1. The number of hydrogen-bond acceptors (Lipinski definition) is 2. The van der Waals surface area contributed by atoms with Gasteiger partial charge in [0, 0.05) is 17.1 Å². The number of aromatic nitrogens is 1. The van der Waals surface area contributed by atoms with Crippen LogP contribution in [0.5, 0.6) is 0 Å². The normalized spacial score (nSPS) is 10.5. The van der Waals surface area contributed by atoms with Crippen LogP contribution in [0.25, 0.3) is 0 Å². The van der Waals surface area contributed by atoms with Gasteiger partial charge in [-0.3, -0.25) is 4.79 Å². The molecule has 16 heavy (non-hydrogen) atoms. The molecule has 0 saturated heterocycles. The summed E-state index contributed by atoms with van der Waals surface area (Å²) in [5.41, 5.74) is 0. The van der Waals surface area contributed by atoms with E-state index in [4.69, 9.17) is 0 Å². The molecule has 4 heteroatoms. The summed E-state index contributed by atoms with van der Waals surface area (Å²) in [5.74, 6) is 1.30. The van der Waals surface area contributed by atoms with E-state index in [2.05, 4.69) is 40.1 Å². The van der Waals surface area contributed by atoms with Crippen molar-refractivity contribution in [3.8, 4) is 0 Å². The molecule has 0 aliphatic rings. The Hall–Kier alpha value is -0.900. The number of nitrogens with zero attached hydrogens (tertiary/aromatic N) is 1. The summed E-state index contributed by atoms with van der Waals surface area (Å²) in [7, 11) is 0. The monoisotopic (exact) mass is 284 g/mol. The van der Waals surface area contributed by atoms with Crippen LogP contribution in [0.15, 0.2) is 22.8 Å². The highest BCUT2D eigenvalue weighted by atomic mass is 79.9. The Morgan fingerprint density at radius 3 is 2.81 bits per heavy atom. The molecule has 1 aromatic heterocycles. The molecule has 1 N–H and O–H groups in total. The molecule has 1 aromatic rings. The molecule has 0 fully saturated rings. The van der Waals surface area contributed by atoms with Gasteiger partial charge in [0.15, 0.2) is 0 Å². The van der Waals surface area contributed by atoms with E-state index in [1.807, 2.05) is 6.07 Å². The molecule has 0 radical (unpaired) electrons. The van der Waals surface area contributed by atoms with Crippen molar-refractivity contribution in [1.29, 1.82) is 0 Å². The molecule has 0 unspecified atom stereocenters. The third-order valence-electron chi connectivity index (χ3n) is 2.18. The minimum absolute atomic E-state index is 0.0375. The van der Waals surface area contributed by atoms with Crippen LogP contribution >= 0.6 is 15.9 Å². The summed E-state index contributed by atoms with van der Waals surface area (Å²) in [6.07, 6.45) is 4.25. The highest BCUT2D eigenvalue weighted by molar-refractivity contribution is 9.10. The summed E-state index contributed by atoms with van der Waals surface area (Å²) >= 11 is 3.29. The van der Waals surface area contributed by atoms with Gasteiger partial charge in [0.05, 0.1) is 0 Å². The number of pyridine rings is 1. The number of rotatable bonds is 5. The highest BCUT2D eigenvalue weighted by Crippen LogP contribution is 2.11. The first-order chi connectivity index (χ1) is 7.58. The lowest BCUT2D eigenvalue weighted by Crippen LogP contribution is -2.12. The van der Waals surface area contributed by atoms with E-state index >= 15 is 0 Å². The molecule has 88 valence electrons. The summed E-state index contributed by atoms with van der Waals surface area (Å²) in [6, 6.07) is 3.64. The summed E-state index contributed by atoms with van der Waals surface area (Å²) in [5, 5.41) is 2.77. The van der Waals surface area contributed by atoms with Crippen molar-refractivity contribution in [2.45, 2.75) is 33.1 Å². The number of carbonyl (C=O) groups is 1. The van der Waals surface area contributed by atoms with Gasteiger partial charge in [0.25, 0.3) is 0 Å². The number of amides is 1. The molecule has 1 rings (SSSR count). The fourth-order valence-corrected chi connectivity index (χ4v) is 1.56.